The van der Waals surface area contributed by atoms with E-state index in [4.69, 9.17) is 10.5 Å². The fourth-order valence-electron chi connectivity index (χ4n) is 0.567. The Hall–Kier alpha value is -0.0800. The molecule has 0 spiro atoms. The maximum absolute atomic E-state index is 5.62. The van der Waals surface area contributed by atoms with Gasteiger partial charge >= 0.3 is 0 Å². The molecule has 0 saturated carbocycles. The second-order valence-corrected chi connectivity index (χ2v) is 2.62. The van der Waals surface area contributed by atoms with E-state index in [0.29, 0.717) is 12.0 Å². The van der Waals surface area contributed by atoms with Crippen molar-refractivity contribution < 1.29 is 4.74 Å². The Balaban J connectivity index is 3.16. The molecule has 0 bridgehead atoms. The van der Waals surface area contributed by atoms with E-state index in [1.54, 1.807) is 7.11 Å². The van der Waals surface area contributed by atoms with Crippen LogP contribution in [-0.4, -0.2) is 19.8 Å². The third kappa shape index (κ3) is 4.43. The Bertz CT molecular complexity index is 63.9. The monoisotopic (exact) mass is 131 g/mol. The number of hydrogen-bond acceptors (Lipinski definition) is 2. The summed E-state index contributed by atoms with van der Waals surface area (Å²) in [5.74, 6) is 0.574. The topological polar surface area (TPSA) is 35.2 Å². The Morgan fingerprint density at radius 1 is 1.44 bits per heavy atom. The summed E-state index contributed by atoms with van der Waals surface area (Å²) in [6, 6.07) is 0.292. The molecule has 0 aliphatic carbocycles. The van der Waals surface area contributed by atoms with Gasteiger partial charge in [-0.25, -0.2) is 0 Å². The number of rotatable bonds is 4. The second kappa shape index (κ2) is 4.77. The van der Waals surface area contributed by atoms with Crippen molar-refractivity contribution in [3.05, 3.63) is 0 Å². The second-order valence-electron chi connectivity index (χ2n) is 2.62. The van der Waals surface area contributed by atoms with Gasteiger partial charge in [-0.15, -0.1) is 0 Å². The minimum absolute atomic E-state index is 0.292. The zero-order chi connectivity index (χ0) is 7.28. The number of ether oxygens (including phenoxy) is 1. The van der Waals surface area contributed by atoms with Crippen LogP contribution in [0.1, 0.15) is 20.3 Å². The molecule has 0 amide bonds. The van der Waals surface area contributed by atoms with Gasteiger partial charge < -0.3 is 10.5 Å². The lowest BCUT2D eigenvalue weighted by molar-refractivity contribution is 0.176. The fraction of sp³-hybridized carbons (Fsp3) is 1.00. The summed E-state index contributed by atoms with van der Waals surface area (Å²) < 4.78 is 4.91. The van der Waals surface area contributed by atoms with Crippen molar-refractivity contribution in [1.29, 1.82) is 0 Å². The van der Waals surface area contributed by atoms with Crippen LogP contribution in [-0.2, 0) is 4.74 Å². The van der Waals surface area contributed by atoms with Crippen molar-refractivity contribution in [3.8, 4) is 0 Å². The molecule has 2 N–H and O–H groups in total. The fourth-order valence-corrected chi connectivity index (χ4v) is 0.567. The highest BCUT2D eigenvalue weighted by Gasteiger charge is 2.05. The van der Waals surface area contributed by atoms with Gasteiger partial charge in [0.05, 0.1) is 0 Å². The first kappa shape index (κ1) is 8.92. The summed E-state index contributed by atoms with van der Waals surface area (Å²) in [5.41, 5.74) is 5.62. The lowest BCUT2D eigenvalue weighted by Crippen LogP contribution is -2.24. The van der Waals surface area contributed by atoms with E-state index in [0.717, 1.165) is 13.0 Å². The molecule has 0 rings (SSSR count). The van der Waals surface area contributed by atoms with Crippen molar-refractivity contribution in [3.63, 3.8) is 0 Å². The van der Waals surface area contributed by atoms with Crippen LogP contribution >= 0.6 is 0 Å². The van der Waals surface area contributed by atoms with Gasteiger partial charge in [0.25, 0.3) is 0 Å². The van der Waals surface area contributed by atoms with E-state index < -0.39 is 0 Å². The van der Waals surface area contributed by atoms with E-state index >= 15 is 0 Å². The van der Waals surface area contributed by atoms with Crippen molar-refractivity contribution in [2.45, 2.75) is 26.3 Å². The minimum Gasteiger partial charge on any atom is -0.385 e. The summed E-state index contributed by atoms with van der Waals surface area (Å²) in [6.07, 6.45) is 1.06. The van der Waals surface area contributed by atoms with Crippen LogP contribution in [0.3, 0.4) is 0 Å². The molecule has 0 radical (unpaired) electrons. The Morgan fingerprint density at radius 3 is 2.33 bits per heavy atom. The van der Waals surface area contributed by atoms with Crippen LogP contribution in [0.25, 0.3) is 0 Å². The van der Waals surface area contributed by atoms with E-state index in [9.17, 15) is 0 Å². The summed E-state index contributed by atoms with van der Waals surface area (Å²) in [5, 5.41) is 0. The van der Waals surface area contributed by atoms with Crippen LogP contribution in [0.4, 0.5) is 0 Å². The first-order valence-electron chi connectivity index (χ1n) is 3.43. The van der Waals surface area contributed by atoms with Gasteiger partial charge in [-0.05, 0) is 19.3 Å². The molecule has 0 aromatic carbocycles. The van der Waals surface area contributed by atoms with Crippen LogP contribution in [0, 0.1) is 5.92 Å². The molecule has 0 heterocycles. The third-order valence-electron chi connectivity index (χ3n) is 1.67. The molecular weight excluding hydrogens is 114 g/mol. The van der Waals surface area contributed by atoms with Gasteiger partial charge in [0.2, 0.25) is 0 Å². The normalized spacial score (nSPS) is 17.3. The lowest BCUT2D eigenvalue weighted by Gasteiger charge is -2.13. The molecule has 0 aromatic rings. The van der Waals surface area contributed by atoms with Gasteiger partial charge in [-0.2, -0.15) is 0 Å². The van der Waals surface area contributed by atoms with Gasteiger partial charge in [0, 0.05) is 19.8 Å². The van der Waals surface area contributed by atoms with Crippen LogP contribution in [0.15, 0.2) is 0 Å². The summed E-state index contributed by atoms with van der Waals surface area (Å²) in [4.78, 5) is 0. The number of hydrogen-bond donors (Lipinski definition) is 1. The van der Waals surface area contributed by atoms with E-state index in [1.165, 1.54) is 0 Å². The Morgan fingerprint density at radius 2 is 2.00 bits per heavy atom. The molecule has 0 fully saturated rings. The molecule has 2 nitrogen and oxygen atoms in total. The Kier molecular flexibility index (Phi) is 4.72. The predicted molar refractivity (Wildman–Crippen MR) is 39.3 cm³/mol. The van der Waals surface area contributed by atoms with Crippen LogP contribution < -0.4 is 5.73 Å². The number of nitrogens with two attached hydrogens (primary N) is 1. The molecular formula is C7H17NO. The quantitative estimate of drug-likeness (QED) is 0.618. The summed E-state index contributed by atoms with van der Waals surface area (Å²) >= 11 is 0. The maximum atomic E-state index is 5.62. The molecule has 0 aliphatic rings. The summed E-state index contributed by atoms with van der Waals surface area (Å²) in [6.45, 7) is 4.99. The van der Waals surface area contributed by atoms with Gasteiger partial charge in [-0.1, -0.05) is 6.92 Å². The number of methoxy groups -OCH3 is 1. The van der Waals surface area contributed by atoms with Crippen molar-refractivity contribution in [2.75, 3.05) is 13.7 Å². The highest BCUT2D eigenvalue weighted by molar-refractivity contribution is 4.62. The molecule has 56 valence electrons. The van der Waals surface area contributed by atoms with E-state index in [-0.39, 0.29) is 0 Å². The standard InChI is InChI=1S/C7H17NO/c1-6(7(2)8)4-5-9-3/h6-7H,4-5,8H2,1-3H3/t6-,7-/m1/s1. The van der Waals surface area contributed by atoms with E-state index in [2.05, 4.69) is 6.92 Å². The predicted octanol–water partition coefficient (Wildman–Crippen LogP) is 1.01. The first-order valence-corrected chi connectivity index (χ1v) is 3.43. The molecule has 0 aliphatic heterocycles. The Labute approximate surface area is 57.4 Å². The molecule has 2 atom stereocenters. The largest absolute Gasteiger partial charge is 0.385 e. The SMILES string of the molecule is COCC[C@@H](C)[C@@H](C)N. The van der Waals surface area contributed by atoms with Gasteiger partial charge in [0.1, 0.15) is 0 Å². The van der Waals surface area contributed by atoms with Crippen LogP contribution in [0.5, 0.6) is 0 Å². The van der Waals surface area contributed by atoms with Gasteiger partial charge in [-0.3, -0.25) is 0 Å². The molecule has 9 heavy (non-hydrogen) atoms. The molecule has 0 saturated heterocycles. The van der Waals surface area contributed by atoms with Gasteiger partial charge in [0.15, 0.2) is 0 Å². The maximum Gasteiger partial charge on any atom is 0.0465 e. The average molecular weight is 131 g/mol. The first-order chi connectivity index (χ1) is 4.18. The molecule has 0 aromatic heterocycles. The van der Waals surface area contributed by atoms with E-state index in [1.807, 2.05) is 6.92 Å². The minimum atomic E-state index is 0.292. The smallest absolute Gasteiger partial charge is 0.0465 e. The van der Waals surface area contributed by atoms with Crippen molar-refractivity contribution >= 4 is 0 Å². The lowest BCUT2D eigenvalue weighted by atomic mass is 10.0. The van der Waals surface area contributed by atoms with Crippen molar-refractivity contribution in [1.82, 2.24) is 0 Å². The van der Waals surface area contributed by atoms with Crippen molar-refractivity contribution in [2.24, 2.45) is 11.7 Å². The molecule has 2 heteroatoms. The third-order valence-corrected chi connectivity index (χ3v) is 1.67. The average Bonchev–Trinajstić information content (AvgIpc) is 1.82. The highest BCUT2D eigenvalue weighted by Crippen LogP contribution is 2.04. The van der Waals surface area contributed by atoms with Crippen LogP contribution in [0.2, 0.25) is 0 Å². The zero-order valence-electron chi connectivity index (χ0n) is 6.55. The summed E-state index contributed by atoms with van der Waals surface area (Å²) in [7, 11) is 1.72. The zero-order valence-corrected chi connectivity index (χ0v) is 6.55. The molecule has 0 unspecified atom stereocenters. The highest BCUT2D eigenvalue weighted by atomic mass is 16.5.